The molecule has 1 unspecified atom stereocenters. The van der Waals surface area contributed by atoms with Gasteiger partial charge in [-0.15, -0.1) is 11.3 Å². The van der Waals surface area contributed by atoms with Gasteiger partial charge in [0, 0.05) is 41.9 Å². The lowest BCUT2D eigenvalue weighted by Gasteiger charge is -2.27. The van der Waals surface area contributed by atoms with Gasteiger partial charge in [-0.1, -0.05) is 6.92 Å². The largest absolute Gasteiger partial charge is 0.343 e. The van der Waals surface area contributed by atoms with Crippen molar-refractivity contribution in [3.63, 3.8) is 0 Å². The zero-order valence-corrected chi connectivity index (χ0v) is 13.5. The van der Waals surface area contributed by atoms with Crippen LogP contribution in [-0.2, 0) is 11.2 Å². The first-order chi connectivity index (χ1) is 9.70. The predicted octanol–water partition coefficient (Wildman–Crippen LogP) is 3.36. The number of nitrogens with zero attached hydrogens (tertiary/aromatic N) is 1. The van der Waals surface area contributed by atoms with E-state index in [4.69, 9.17) is 0 Å². The quantitative estimate of drug-likeness (QED) is 0.872. The van der Waals surface area contributed by atoms with Crippen molar-refractivity contribution < 1.29 is 4.79 Å². The van der Waals surface area contributed by atoms with Crippen LogP contribution in [0.1, 0.15) is 55.3 Å². The third-order valence-electron chi connectivity index (χ3n) is 3.96. The molecule has 1 fully saturated rings. The Bertz CT molecular complexity index is 424. The van der Waals surface area contributed by atoms with Crippen LogP contribution in [0.3, 0.4) is 0 Å². The Hall–Kier alpha value is -0.870. The first-order valence-electron chi connectivity index (χ1n) is 7.80. The molecule has 0 aromatic carbocycles. The van der Waals surface area contributed by atoms with Crippen LogP contribution in [0.4, 0.5) is 0 Å². The number of thiophene rings is 1. The van der Waals surface area contributed by atoms with E-state index in [0.717, 1.165) is 26.1 Å². The average molecular weight is 294 g/mol. The summed E-state index contributed by atoms with van der Waals surface area (Å²) >= 11 is 1.87. The number of likely N-dealkylation sites (tertiary alicyclic amines) is 1. The van der Waals surface area contributed by atoms with E-state index in [1.165, 1.54) is 29.0 Å². The number of piperidine rings is 1. The molecule has 1 saturated heterocycles. The monoisotopic (exact) mass is 294 g/mol. The second kappa shape index (κ2) is 7.79. The standard InChI is InChI=1S/C16H26N2OS/c1-3-14-7-8-15(20-14)13(2)17-10-9-16(19)18-11-5-4-6-12-18/h7-8,13,17H,3-6,9-12H2,1-2H3. The Kier molecular flexibility index (Phi) is 6.05. The first kappa shape index (κ1) is 15.5. The lowest BCUT2D eigenvalue weighted by atomic mass is 10.1. The van der Waals surface area contributed by atoms with Crippen molar-refractivity contribution in [3.05, 3.63) is 21.9 Å². The van der Waals surface area contributed by atoms with E-state index in [1.54, 1.807) is 0 Å². The highest BCUT2D eigenvalue weighted by molar-refractivity contribution is 7.12. The van der Waals surface area contributed by atoms with Gasteiger partial charge in [-0.2, -0.15) is 0 Å². The van der Waals surface area contributed by atoms with E-state index in [9.17, 15) is 4.79 Å². The van der Waals surface area contributed by atoms with E-state index >= 15 is 0 Å². The fraction of sp³-hybridized carbons (Fsp3) is 0.688. The number of amides is 1. The summed E-state index contributed by atoms with van der Waals surface area (Å²) in [7, 11) is 0. The number of carbonyl (C=O) groups excluding carboxylic acids is 1. The third-order valence-corrected chi connectivity index (χ3v) is 5.37. The maximum absolute atomic E-state index is 12.1. The van der Waals surface area contributed by atoms with Crippen molar-refractivity contribution in [2.75, 3.05) is 19.6 Å². The minimum absolute atomic E-state index is 0.310. The fourth-order valence-corrected chi connectivity index (χ4v) is 3.59. The second-order valence-electron chi connectivity index (χ2n) is 5.52. The van der Waals surface area contributed by atoms with E-state index < -0.39 is 0 Å². The van der Waals surface area contributed by atoms with Crippen molar-refractivity contribution in [1.82, 2.24) is 10.2 Å². The Morgan fingerprint density at radius 3 is 2.75 bits per heavy atom. The number of hydrogen-bond donors (Lipinski definition) is 1. The Morgan fingerprint density at radius 2 is 2.10 bits per heavy atom. The molecule has 2 heterocycles. The molecule has 3 nitrogen and oxygen atoms in total. The summed E-state index contributed by atoms with van der Waals surface area (Å²) in [5.41, 5.74) is 0. The zero-order valence-electron chi connectivity index (χ0n) is 12.7. The number of rotatable bonds is 6. The maximum Gasteiger partial charge on any atom is 0.223 e. The molecule has 112 valence electrons. The third kappa shape index (κ3) is 4.32. The van der Waals surface area contributed by atoms with Gasteiger partial charge in [0.05, 0.1) is 0 Å². The maximum atomic E-state index is 12.1. The summed E-state index contributed by atoms with van der Waals surface area (Å²) in [5.74, 6) is 0.310. The number of hydrogen-bond acceptors (Lipinski definition) is 3. The molecule has 1 aliphatic rings. The molecule has 0 bridgehead atoms. The van der Waals surface area contributed by atoms with Crippen LogP contribution in [-0.4, -0.2) is 30.4 Å². The summed E-state index contributed by atoms with van der Waals surface area (Å²) in [6.07, 6.45) is 5.34. The van der Waals surface area contributed by atoms with Crippen LogP contribution in [0.25, 0.3) is 0 Å². The van der Waals surface area contributed by atoms with Crippen molar-refractivity contribution in [2.24, 2.45) is 0 Å². The Labute approximate surface area is 126 Å². The predicted molar refractivity (Wildman–Crippen MR) is 85.2 cm³/mol. The lowest BCUT2D eigenvalue weighted by molar-refractivity contribution is -0.131. The summed E-state index contributed by atoms with van der Waals surface area (Å²) < 4.78 is 0. The molecule has 1 amide bonds. The zero-order chi connectivity index (χ0) is 14.4. The van der Waals surface area contributed by atoms with Crippen LogP contribution in [0.15, 0.2) is 12.1 Å². The van der Waals surface area contributed by atoms with Crippen LogP contribution in [0.5, 0.6) is 0 Å². The lowest BCUT2D eigenvalue weighted by Crippen LogP contribution is -2.37. The fourth-order valence-electron chi connectivity index (χ4n) is 2.61. The van der Waals surface area contributed by atoms with E-state index in [0.29, 0.717) is 18.4 Å². The number of carbonyl (C=O) groups is 1. The van der Waals surface area contributed by atoms with Crippen LogP contribution in [0, 0.1) is 0 Å². The second-order valence-corrected chi connectivity index (χ2v) is 6.72. The number of nitrogens with one attached hydrogen (secondary N) is 1. The van der Waals surface area contributed by atoms with E-state index in [2.05, 4.69) is 31.3 Å². The molecule has 0 aliphatic carbocycles. The molecular weight excluding hydrogens is 268 g/mol. The van der Waals surface area contributed by atoms with Gasteiger partial charge in [-0.25, -0.2) is 0 Å². The van der Waals surface area contributed by atoms with Gasteiger partial charge in [-0.05, 0) is 44.7 Å². The number of aryl methyl sites for hydroxylation is 1. The highest BCUT2D eigenvalue weighted by Gasteiger charge is 2.16. The van der Waals surface area contributed by atoms with Crippen LogP contribution in [0.2, 0.25) is 0 Å². The highest BCUT2D eigenvalue weighted by Crippen LogP contribution is 2.23. The minimum Gasteiger partial charge on any atom is -0.343 e. The molecule has 0 spiro atoms. The van der Waals surface area contributed by atoms with Crippen molar-refractivity contribution >= 4 is 17.2 Å². The topological polar surface area (TPSA) is 32.3 Å². The molecule has 1 aromatic rings. The van der Waals surface area contributed by atoms with Gasteiger partial charge in [0.1, 0.15) is 0 Å². The molecule has 1 N–H and O–H groups in total. The minimum atomic E-state index is 0.310. The average Bonchev–Trinajstić information content (AvgIpc) is 2.97. The van der Waals surface area contributed by atoms with Gasteiger partial charge in [-0.3, -0.25) is 4.79 Å². The van der Waals surface area contributed by atoms with Gasteiger partial charge in [0.25, 0.3) is 0 Å². The highest BCUT2D eigenvalue weighted by atomic mass is 32.1. The summed E-state index contributed by atoms with van der Waals surface area (Å²) in [6.45, 7) is 7.05. The Morgan fingerprint density at radius 1 is 1.35 bits per heavy atom. The molecule has 1 aliphatic heterocycles. The van der Waals surface area contributed by atoms with E-state index in [-0.39, 0.29) is 0 Å². The Balaban J connectivity index is 1.70. The first-order valence-corrected chi connectivity index (χ1v) is 8.62. The molecule has 0 saturated carbocycles. The van der Waals surface area contributed by atoms with Gasteiger partial charge < -0.3 is 10.2 Å². The normalized spacial score (nSPS) is 17.2. The smallest absolute Gasteiger partial charge is 0.223 e. The van der Waals surface area contributed by atoms with Crippen LogP contribution >= 0.6 is 11.3 Å². The van der Waals surface area contributed by atoms with Crippen molar-refractivity contribution in [3.8, 4) is 0 Å². The summed E-state index contributed by atoms with van der Waals surface area (Å²) in [5, 5.41) is 3.47. The summed E-state index contributed by atoms with van der Waals surface area (Å²) in [6, 6.07) is 4.75. The molecule has 1 aromatic heterocycles. The van der Waals surface area contributed by atoms with E-state index in [1.807, 2.05) is 16.2 Å². The van der Waals surface area contributed by atoms with Crippen molar-refractivity contribution in [1.29, 1.82) is 0 Å². The SMILES string of the molecule is CCc1ccc(C(C)NCCC(=O)N2CCCCC2)s1. The van der Waals surface area contributed by atoms with Gasteiger partial charge >= 0.3 is 0 Å². The molecule has 0 radical (unpaired) electrons. The van der Waals surface area contributed by atoms with Crippen molar-refractivity contribution in [2.45, 2.75) is 52.0 Å². The van der Waals surface area contributed by atoms with Gasteiger partial charge in [0.2, 0.25) is 5.91 Å². The molecule has 20 heavy (non-hydrogen) atoms. The molecule has 2 rings (SSSR count). The molecule has 1 atom stereocenters. The van der Waals surface area contributed by atoms with Crippen LogP contribution < -0.4 is 5.32 Å². The summed E-state index contributed by atoms with van der Waals surface area (Å²) in [4.78, 5) is 16.9. The molecule has 4 heteroatoms. The molecular formula is C16H26N2OS. The van der Waals surface area contributed by atoms with Gasteiger partial charge in [0.15, 0.2) is 0 Å².